The van der Waals surface area contributed by atoms with Crippen LogP contribution in [0, 0.1) is 6.92 Å². The van der Waals surface area contributed by atoms with Crippen LogP contribution in [0.15, 0.2) is 48.7 Å². The number of carbonyl (C=O) groups excluding carboxylic acids is 1. The number of benzene rings is 1. The number of amides is 1. The SMILES string of the molecule is Cc1cccc(N2CCN(C(=O)c3nc(C4CC4)n4ccccc34)CC2)c1. The van der Waals surface area contributed by atoms with Crippen LogP contribution in [0.2, 0.25) is 0 Å². The van der Waals surface area contributed by atoms with Crippen LogP contribution in [0.3, 0.4) is 0 Å². The molecule has 5 nitrogen and oxygen atoms in total. The summed E-state index contributed by atoms with van der Waals surface area (Å²) in [5.41, 5.74) is 4.06. The van der Waals surface area contributed by atoms with Gasteiger partial charge in [0.05, 0.1) is 5.52 Å². The predicted octanol–water partition coefficient (Wildman–Crippen LogP) is 3.48. The first-order chi connectivity index (χ1) is 13.2. The van der Waals surface area contributed by atoms with Crippen molar-refractivity contribution in [2.75, 3.05) is 31.1 Å². The molecular formula is C22H24N4O. The highest BCUT2D eigenvalue weighted by molar-refractivity contribution is 5.99. The number of pyridine rings is 1. The predicted molar refractivity (Wildman–Crippen MR) is 106 cm³/mol. The fourth-order valence-corrected chi connectivity index (χ4v) is 3.99. The van der Waals surface area contributed by atoms with E-state index in [0.29, 0.717) is 11.6 Å². The lowest BCUT2D eigenvalue weighted by Gasteiger charge is -2.36. The molecule has 0 unspecified atom stereocenters. The van der Waals surface area contributed by atoms with Gasteiger partial charge in [0.1, 0.15) is 5.82 Å². The highest BCUT2D eigenvalue weighted by Crippen LogP contribution is 2.40. The number of rotatable bonds is 3. The Balaban J connectivity index is 1.36. The number of fused-ring (bicyclic) bond motifs is 1. The molecule has 0 N–H and O–H groups in total. The molecule has 2 fully saturated rings. The number of hydrogen-bond acceptors (Lipinski definition) is 3. The van der Waals surface area contributed by atoms with Gasteiger partial charge in [-0.3, -0.25) is 4.79 Å². The molecule has 2 aromatic heterocycles. The molecule has 27 heavy (non-hydrogen) atoms. The minimum absolute atomic E-state index is 0.0643. The van der Waals surface area contributed by atoms with E-state index >= 15 is 0 Å². The number of hydrogen-bond donors (Lipinski definition) is 0. The summed E-state index contributed by atoms with van der Waals surface area (Å²) in [6.07, 6.45) is 4.38. The molecule has 5 rings (SSSR count). The van der Waals surface area contributed by atoms with Crippen molar-refractivity contribution < 1.29 is 4.79 Å². The van der Waals surface area contributed by atoms with Crippen LogP contribution >= 0.6 is 0 Å². The average Bonchev–Trinajstić information content (AvgIpc) is 3.48. The maximum atomic E-state index is 13.2. The third-order valence-corrected chi connectivity index (χ3v) is 5.65. The third-order valence-electron chi connectivity index (χ3n) is 5.65. The van der Waals surface area contributed by atoms with E-state index in [1.54, 1.807) is 0 Å². The van der Waals surface area contributed by atoms with Gasteiger partial charge in [-0.15, -0.1) is 0 Å². The van der Waals surface area contributed by atoms with Gasteiger partial charge < -0.3 is 14.2 Å². The number of piperazine rings is 1. The molecule has 1 aliphatic heterocycles. The largest absolute Gasteiger partial charge is 0.368 e. The lowest BCUT2D eigenvalue weighted by Crippen LogP contribution is -2.49. The zero-order chi connectivity index (χ0) is 18.4. The minimum atomic E-state index is 0.0643. The van der Waals surface area contributed by atoms with Crippen LogP contribution < -0.4 is 4.90 Å². The summed E-state index contributed by atoms with van der Waals surface area (Å²) in [5, 5.41) is 0. The monoisotopic (exact) mass is 360 g/mol. The van der Waals surface area contributed by atoms with Crippen LogP contribution in [0.25, 0.3) is 5.52 Å². The number of aromatic nitrogens is 2. The van der Waals surface area contributed by atoms with Crippen LogP contribution in [0.4, 0.5) is 5.69 Å². The summed E-state index contributed by atoms with van der Waals surface area (Å²) in [5.74, 6) is 1.63. The average molecular weight is 360 g/mol. The van der Waals surface area contributed by atoms with Crippen molar-refractivity contribution in [3.63, 3.8) is 0 Å². The van der Waals surface area contributed by atoms with Gasteiger partial charge in [-0.05, 0) is 49.6 Å². The quantitative estimate of drug-likeness (QED) is 0.718. The topological polar surface area (TPSA) is 40.8 Å². The Morgan fingerprint density at radius 2 is 1.85 bits per heavy atom. The third kappa shape index (κ3) is 2.97. The number of nitrogens with zero attached hydrogens (tertiary/aromatic N) is 4. The van der Waals surface area contributed by atoms with E-state index in [2.05, 4.69) is 40.5 Å². The molecule has 5 heteroatoms. The summed E-state index contributed by atoms with van der Waals surface area (Å²) in [7, 11) is 0. The van der Waals surface area contributed by atoms with Gasteiger partial charge in [0.2, 0.25) is 0 Å². The van der Waals surface area contributed by atoms with Gasteiger partial charge in [-0.25, -0.2) is 4.98 Å². The maximum Gasteiger partial charge on any atom is 0.274 e. The first-order valence-corrected chi connectivity index (χ1v) is 9.78. The minimum Gasteiger partial charge on any atom is -0.368 e. The number of carbonyl (C=O) groups is 1. The second kappa shape index (κ2) is 6.41. The molecule has 3 aromatic rings. The van der Waals surface area contributed by atoms with Crippen molar-refractivity contribution in [3.8, 4) is 0 Å². The van der Waals surface area contributed by atoms with Crippen molar-refractivity contribution in [1.29, 1.82) is 0 Å². The van der Waals surface area contributed by atoms with E-state index in [1.165, 1.54) is 24.1 Å². The van der Waals surface area contributed by atoms with Gasteiger partial charge in [-0.2, -0.15) is 0 Å². The standard InChI is InChI=1S/C22H24N4O/c1-16-5-4-6-18(15-16)24-11-13-25(14-12-24)22(27)20-19-7-2-3-10-26(19)21(23-20)17-8-9-17/h2-7,10,15,17H,8-9,11-14H2,1H3. The van der Waals surface area contributed by atoms with Crippen LogP contribution in [-0.4, -0.2) is 46.4 Å². The van der Waals surface area contributed by atoms with Crippen molar-refractivity contribution in [2.45, 2.75) is 25.7 Å². The molecule has 1 aromatic carbocycles. The van der Waals surface area contributed by atoms with E-state index in [-0.39, 0.29) is 5.91 Å². The Morgan fingerprint density at radius 3 is 2.59 bits per heavy atom. The van der Waals surface area contributed by atoms with Gasteiger partial charge in [0.15, 0.2) is 5.69 Å². The van der Waals surface area contributed by atoms with E-state index in [0.717, 1.165) is 37.5 Å². The Hall–Kier alpha value is -2.82. The molecular weight excluding hydrogens is 336 g/mol. The molecule has 1 saturated heterocycles. The molecule has 1 saturated carbocycles. The number of aryl methyl sites for hydroxylation is 1. The molecule has 1 aliphatic carbocycles. The molecule has 2 aliphatic rings. The Bertz CT molecular complexity index is 996. The van der Waals surface area contributed by atoms with Crippen LogP contribution in [0.5, 0.6) is 0 Å². The van der Waals surface area contributed by atoms with E-state index in [1.807, 2.05) is 29.3 Å². The zero-order valence-electron chi connectivity index (χ0n) is 15.6. The second-order valence-electron chi connectivity index (χ2n) is 7.67. The molecule has 0 spiro atoms. The molecule has 3 heterocycles. The van der Waals surface area contributed by atoms with Crippen molar-refractivity contribution in [2.24, 2.45) is 0 Å². The molecule has 0 bridgehead atoms. The summed E-state index contributed by atoms with van der Waals surface area (Å²) in [6.45, 7) is 5.30. The van der Waals surface area contributed by atoms with Gasteiger partial charge >= 0.3 is 0 Å². The molecule has 0 atom stereocenters. The van der Waals surface area contributed by atoms with Gasteiger partial charge in [0.25, 0.3) is 5.91 Å². The van der Waals surface area contributed by atoms with Crippen molar-refractivity contribution in [1.82, 2.24) is 14.3 Å². The summed E-state index contributed by atoms with van der Waals surface area (Å²) < 4.78 is 2.11. The normalized spacial score (nSPS) is 17.5. The number of imidazole rings is 1. The summed E-state index contributed by atoms with van der Waals surface area (Å²) in [6, 6.07) is 14.6. The Kier molecular flexibility index (Phi) is 3.88. The van der Waals surface area contributed by atoms with E-state index in [9.17, 15) is 4.79 Å². The Labute approximate surface area is 159 Å². The summed E-state index contributed by atoms with van der Waals surface area (Å²) >= 11 is 0. The maximum absolute atomic E-state index is 13.2. The second-order valence-corrected chi connectivity index (χ2v) is 7.67. The highest BCUT2D eigenvalue weighted by Gasteiger charge is 2.32. The van der Waals surface area contributed by atoms with Crippen LogP contribution in [0.1, 0.15) is 40.6 Å². The smallest absolute Gasteiger partial charge is 0.274 e. The van der Waals surface area contributed by atoms with Crippen LogP contribution in [-0.2, 0) is 0 Å². The van der Waals surface area contributed by atoms with Crippen molar-refractivity contribution >= 4 is 17.1 Å². The number of anilines is 1. The molecule has 1 amide bonds. The Morgan fingerprint density at radius 1 is 1.04 bits per heavy atom. The lowest BCUT2D eigenvalue weighted by molar-refractivity contribution is 0.0743. The van der Waals surface area contributed by atoms with Gasteiger partial charge in [-0.1, -0.05) is 18.2 Å². The van der Waals surface area contributed by atoms with Gasteiger partial charge in [0, 0.05) is 44.0 Å². The first kappa shape index (κ1) is 16.4. The fourth-order valence-electron chi connectivity index (χ4n) is 3.99. The summed E-state index contributed by atoms with van der Waals surface area (Å²) in [4.78, 5) is 22.3. The first-order valence-electron chi connectivity index (χ1n) is 9.78. The van der Waals surface area contributed by atoms with E-state index in [4.69, 9.17) is 4.98 Å². The molecule has 138 valence electrons. The molecule has 0 radical (unpaired) electrons. The van der Waals surface area contributed by atoms with E-state index < -0.39 is 0 Å². The highest BCUT2D eigenvalue weighted by atomic mass is 16.2. The fraction of sp³-hybridized carbons (Fsp3) is 0.364. The van der Waals surface area contributed by atoms with Crippen molar-refractivity contribution in [3.05, 3.63) is 65.7 Å². The zero-order valence-corrected chi connectivity index (χ0v) is 15.6. The lowest BCUT2D eigenvalue weighted by atomic mass is 10.2.